The number of benzene rings is 3. The Hall–Kier alpha value is -3.72. The first-order chi connectivity index (χ1) is 23.0. The van der Waals surface area contributed by atoms with Crippen LogP contribution >= 0.6 is 7.37 Å². The number of carboxylic acids is 1. The van der Waals surface area contributed by atoms with Gasteiger partial charge in [0.1, 0.15) is 11.2 Å². The lowest BCUT2D eigenvalue weighted by Gasteiger charge is -2.45. The van der Waals surface area contributed by atoms with E-state index in [1.54, 1.807) is 48.5 Å². The lowest BCUT2D eigenvalue weighted by molar-refractivity contribution is -0.141. The number of carbonyl (C=O) groups excluding carboxylic acids is 2. The smallest absolute Gasteiger partial charge is 0.419 e. The first-order valence-corrected chi connectivity index (χ1v) is 18.8. The van der Waals surface area contributed by atoms with E-state index in [2.05, 4.69) is 41.3 Å². The molecule has 4 rings (SSSR count). The summed E-state index contributed by atoms with van der Waals surface area (Å²) in [5.74, 6) is -1.17. The van der Waals surface area contributed by atoms with Crippen molar-refractivity contribution in [3.05, 3.63) is 72.3 Å². The Morgan fingerprint density at radius 3 is 2.08 bits per heavy atom. The van der Waals surface area contributed by atoms with E-state index in [-0.39, 0.29) is 45.1 Å². The predicted octanol–water partition coefficient (Wildman–Crippen LogP) is 8.80. The molecule has 10 nitrogen and oxygen atoms in total. The zero-order valence-electron chi connectivity index (χ0n) is 29.9. The number of amides is 2. The summed E-state index contributed by atoms with van der Waals surface area (Å²) < 4.78 is 31.2. The van der Waals surface area contributed by atoms with Crippen LogP contribution < -0.4 is 0 Å². The van der Waals surface area contributed by atoms with Crippen LogP contribution in [0.15, 0.2) is 66.7 Å². The van der Waals surface area contributed by atoms with Crippen LogP contribution in [0.1, 0.15) is 73.3 Å². The van der Waals surface area contributed by atoms with Crippen LogP contribution in [0.2, 0.25) is 0 Å². The maximum atomic E-state index is 14.4. The average molecular weight is 695 g/mol. The van der Waals surface area contributed by atoms with Gasteiger partial charge in [-0.25, -0.2) is 14.5 Å². The van der Waals surface area contributed by atoms with Gasteiger partial charge in [0.05, 0.1) is 6.61 Å². The molecule has 0 spiro atoms. The van der Waals surface area contributed by atoms with Crippen LogP contribution in [0.3, 0.4) is 0 Å². The van der Waals surface area contributed by atoms with E-state index in [0.717, 1.165) is 32.4 Å². The zero-order chi connectivity index (χ0) is 36.0. The Balaban J connectivity index is 1.57. The summed E-state index contributed by atoms with van der Waals surface area (Å²) in [6.07, 6.45) is -1.02. The lowest BCUT2D eigenvalue weighted by Crippen LogP contribution is -2.54. The number of ether oxygens (including phenoxy) is 2. The van der Waals surface area contributed by atoms with Crippen LogP contribution in [0.4, 0.5) is 9.59 Å². The molecule has 0 radical (unpaired) electrons. The van der Waals surface area contributed by atoms with Crippen molar-refractivity contribution in [3.8, 4) is 11.1 Å². The molecular formula is C38H51N2O8P. The molecule has 2 atom stereocenters. The molecule has 1 fully saturated rings. The first kappa shape index (κ1) is 38.1. The minimum atomic E-state index is -3.65. The Morgan fingerprint density at radius 1 is 0.857 bits per heavy atom. The Kier molecular flexibility index (Phi) is 12.0. The number of rotatable bonds is 11. The highest BCUT2D eigenvalue weighted by Gasteiger charge is 2.58. The van der Waals surface area contributed by atoms with Crippen LogP contribution in [0, 0.1) is 0 Å². The summed E-state index contributed by atoms with van der Waals surface area (Å²) in [4.78, 5) is 42.2. The molecule has 11 heteroatoms. The van der Waals surface area contributed by atoms with Gasteiger partial charge in [0.25, 0.3) is 0 Å². The van der Waals surface area contributed by atoms with Crippen molar-refractivity contribution >= 4 is 36.3 Å². The highest BCUT2D eigenvalue weighted by atomic mass is 31.2. The maximum Gasteiger partial charge on any atom is 0.419 e. The second-order valence-corrected chi connectivity index (χ2v) is 17.5. The molecule has 49 heavy (non-hydrogen) atoms. The normalized spacial score (nSPS) is 20.1. The fraction of sp³-hybridized carbons (Fsp3) is 0.500. The predicted molar refractivity (Wildman–Crippen MR) is 192 cm³/mol. The van der Waals surface area contributed by atoms with Gasteiger partial charge >= 0.3 is 18.2 Å². The number of imide groups is 1. The Morgan fingerprint density at radius 2 is 1.45 bits per heavy atom. The first-order valence-electron chi connectivity index (χ1n) is 17.0. The SMILES string of the molecule is CCOP1(=O)CCN(Cc2ccccc2-c2cccc3ccccc23)C[C@@]1(CCCCN(C(=O)OC(C)(C)C)C(=O)OC(C)(C)C)C(=O)O. The van der Waals surface area contributed by atoms with Gasteiger partial charge in [0.2, 0.25) is 7.37 Å². The highest BCUT2D eigenvalue weighted by Crippen LogP contribution is 2.63. The van der Waals surface area contributed by atoms with Crippen molar-refractivity contribution in [1.29, 1.82) is 0 Å². The number of hydrogen-bond donors (Lipinski definition) is 1. The fourth-order valence-corrected chi connectivity index (χ4v) is 9.32. The van der Waals surface area contributed by atoms with Gasteiger partial charge < -0.3 is 19.1 Å². The van der Waals surface area contributed by atoms with Gasteiger partial charge in [0, 0.05) is 32.3 Å². The standard InChI is InChI=1S/C38H51N2O8P/c1-8-46-49(45)25-24-39(26-29-17-10-12-20-31(29)32-21-15-18-28-16-9-11-19-30(28)32)27-38(49,33(41)42)22-13-14-23-40(34(43)47-36(2,3)4)35(44)48-37(5,6)7/h9-12,15-21H,8,13-14,22-27H2,1-7H3,(H,41,42)/t38-,49?/m0/s1. The summed E-state index contributed by atoms with van der Waals surface area (Å²) in [6, 6.07) is 22.5. The molecule has 0 aromatic heterocycles. The van der Waals surface area contributed by atoms with Gasteiger partial charge in [-0.15, -0.1) is 0 Å². The van der Waals surface area contributed by atoms with Crippen molar-refractivity contribution in [1.82, 2.24) is 9.80 Å². The second kappa shape index (κ2) is 15.4. The molecule has 1 saturated heterocycles. The molecule has 266 valence electrons. The van der Waals surface area contributed by atoms with Crippen molar-refractivity contribution in [2.24, 2.45) is 0 Å². The van der Waals surface area contributed by atoms with Crippen LogP contribution in [0.5, 0.6) is 0 Å². The van der Waals surface area contributed by atoms with E-state index in [4.69, 9.17) is 14.0 Å². The summed E-state index contributed by atoms with van der Waals surface area (Å²) in [5, 5.41) is 11.4. The van der Waals surface area contributed by atoms with Crippen molar-refractivity contribution in [3.63, 3.8) is 0 Å². The quantitative estimate of drug-likeness (QED) is 0.155. The van der Waals surface area contributed by atoms with Gasteiger partial charge in [-0.05, 0) is 95.2 Å². The summed E-state index contributed by atoms with van der Waals surface area (Å²) >= 11 is 0. The van der Waals surface area contributed by atoms with Crippen LogP contribution in [0.25, 0.3) is 21.9 Å². The minimum Gasteiger partial charge on any atom is -0.480 e. The summed E-state index contributed by atoms with van der Waals surface area (Å²) in [7, 11) is -3.65. The van der Waals surface area contributed by atoms with Crippen LogP contribution in [-0.4, -0.2) is 81.8 Å². The number of nitrogens with zero attached hydrogens (tertiary/aromatic N) is 2. The second-order valence-electron chi connectivity index (χ2n) is 14.6. The number of aliphatic carboxylic acids is 1. The van der Waals surface area contributed by atoms with Crippen molar-refractivity contribution in [2.75, 3.05) is 32.4 Å². The molecule has 1 aliphatic heterocycles. The fourth-order valence-electron chi connectivity index (χ4n) is 6.35. The molecule has 1 N–H and O–H groups in total. The van der Waals surface area contributed by atoms with Crippen molar-refractivity contribution in [2.45, 2.75) is 90.6 Å². The minimum absolute atomic E-state index is 0.0331. The monoisotopic (exact) mass is 694 g/mol. The molecule has 1 heterocycles. The molecule has 2 amide bonds. The maximum absolute atomic E-state index is 14.4. The zero-order valence-corrected chi connectivity index (χ0v) is 30.8. The Labute approximate surface area is 290 Å². The highest BCUT2D eigenvalue weighted by molar-refractivity contribution is 7.62. The van der Waals surface area contributed by atoms with E-state index in [1.807, 2.05) is 30.3 Å². The van der Waals surface area contributed by atoms with Gasteiger partial charge in [-0.2, -0.15) is 0 Å². The van der Waals surface area contributed by atoms with E-state index >= 15 is 0 Å². The number of carboxylic acid groups (broad SMARTS) is 1. The van der Waals surface area contributed by atoms with E-state index in [1.165, 1.54) is 0 Å². The van der Waals surface area contributed by atoms with Gasteiger partial charge in [-0.3, -0.25) is 14.3 Å². The van der Waals surface area contributed by atoms with Crippen molar-refractivity contribution < 1.29 is 38.1 Å². The van der Waals surface area contributed by atoms with Gasteiger partial charge in [-0.1, -0.05) is 66.7 Å². The molecule has 1 unspecified atom stereocenters. The third kappa shape index (κ3) is 9.30. The largest absolute Gasteiger partial charge is 0.480 e. The molecule has 0 saturated carbocycles. The average Bonchev–Trinajstić information content (AvgIpc) is 3.00. The molecule has 0 aliphatic carbocycles. The molecule has 0 bridgehead atoms. The third-order valence-electron chi connectivity index (χ3n) is 8.52. The topological polar surface area (TPSA) is 123 Å². The number of hydrogen-bond acceptors (Lipinski definition) is 8. The molecule has 1 aliphatic rings. The summed E-state index contributed by atoms with van der Waals surface area (Å²) in [6.45, 7) is 12.9. The third-order valence-corrected chi connectivity index (χ3v) is 11.8. The number of fused-ring (bicyclic) bond motifs is 1. The lowest BCUT2D eigenvalue weighted by atomic mass is 9.94. The molecule has 3 aromatic rings. The van der Waals surface area contributed by atoms with E-state index in [0.29, 0.717) is 13.1 Å². The molecule has 3 aromatic carbocycles. The Bertz CT molecular complexity index is 1660. The van der Waals surface area contributed by atoms with Crippen LogP contribution in [-0.2, 0) is 29.9 Å². The number of carbonyl (C=O) groups is 3. The summed E-state index contributed by atoms with van der Waals surface area (Å²) in [5.41, 5.74) is 1.51. The molecular weight excluding hydrogens is 643 g/mol. The number of unbranched alkanes of at least 4 members (excludes halogenated alkanes) is 1. The van der Waals surface area contributed by atoms with E-state index < -0.39 is 41.9 Å². The van der Waals surface area contributed by atoms with E-state index in [9.17, 15) is 24.1 Å². The van der Waals surface area contributed by atoms with Gasteiger partial charge in [0.15, 0.2) is 5.16 Å².